The third-order valence-electron chi connectivity index (χ3n) is 4.08. The molecular formula is C19H20N4O4S. The molecule has 1 aliphatic heterocycles. The maximum absolute atomic E-state index is 12.7. The molecule has 1 heterocycles. The molecule has 9 heteroatoms. The zero-order valence-electron chi connectivity index (χ0n) is 15.5. The fourth-order valence-corrected chi connectivity index (χ4v) is 3.78. The van der Waals surface area contributed by atoms with E-state index in [9.17, 15) is 18.0 Å². The monoisotopic (exact) mass is 400 g/mol. The normalized spacial score (nSPS) is 16.0. The van der Waals surface area contributed by atoms with Gasteiger partial charge in [0.2, 0.25) is 5.91 Å². The summed E-state index contributed by atoms with van der Waals surface area (Å²) in [6.45, 7) is 3.59. The Bertz CT molecular complexity index is 1030. The Morgan fingerprint density at radius 3 is 2.36 bits per heavy atom. The summed E-state index contributed by atoms with van der Waals surface area (Å²) in [6, 6.07) is 12.4. The molecule has 3 rings (SSSR count). The number of aryl methyl sites for hydroxylation is 1. The number of carbonyl (C=O) groups is 2. The van der Waals surface area contributed by atoms with Crippen LogP contribution in [0.1, 0.15) is 18.9 Å². The number of sulfonamides is 1. The molecule has 2 N–H and O–H groups in total. The number of urea groups is 1. The fourth-order valence-electron chi connectivity index (χ4n) is 2.74. The lowest BCUT2D eigenvalue weighted by Gasteiger charge is -2.28. The molecule has 0 radical (unpaired) electrons. The second-order valence-electron chi connectivity index (χ2n) is 6.34. The molecule has 0 aromatic heterocycles. The Balaban J connectivity index is 1.95. The van der Waals surface area contributed by atoms with E-state index in [1.165, 1.54) is 36.1 Å². The van der Waals surface area contributed by atoms with Crippen molar-refractivity contribution in [1.29, 1.82) is 0 Å². The average molecular weight is 400 g/mol. The van der Waals surface area contributed by atoms with Crippen LogP contribution in [0.4, 0.5) is 16.2 Å². The molecule has 1 fully saturated rings. The van der Waals surface area contributed by atoms with Crippen LogP contribution >= 0.6 is 0 Å². The summed E-state index contributed by atoms with van der Waals surface area (Å²) in [6.07, 6.45) is 0.281. The largest absolute Gasteiger partial charge is 0.337 e. The number of hydrogen-bond acceptors (Lipinski definition) is 4. The van der Waals surface area contributed by atoms with Crippen LogP contribution in [-0.2, 0) is 14.8 Å². The van der Waals surface area contributed by atoms with Gasteiger partial charge in [0.25, 0.3) is 10.0 Å². The molecule has 0 spiro atoms. The van der Waals surface area contributed by atoms with Crippen LogP contribution in [0.2, 0.25) is 0 Å². The van der Waals surface area contributed by atoms with E-state index in [-0.39, 0.29) is 23.1 Å². The van der Waals surface area contributed by atoms with Crippen LogP contribution < -0.4 is 15.5 Å². The average Bonchev–Trinajstić information content (AvgIpc) is 2.63. The van der Waals surface area contributed by atoms with Gasteiger partial charge in [-0.3, -0.25) is 4.79 Å². The van der Waals surface area contributed by atoms with Gasteiger partial charge in [0, 0.05) is 25.6 Å². The molecular weight excluding hydrogens is 380 g/mol. The Morgan fingerprint density at radius 1 is 1.11 bits per heavy atom. The molecule has 3 amide bonds. The molecule has 0 bridgehead atoms. The molecule has 1 aliphatic rings. The number of hydrogen-bond donors (Lipinski definition) is 2. The summed E-state index contributed by atoms with van der Waals surface area (Å²) in [5, 5.41) is 5.27. The van der Waals surface area contributed by atoms with Gasteiger partial charge in [-0.2, -0.15) is 8.42 Å². The SMILES string of the molecule is CC(=O)Nc1ccc(S(=O)(=O)N=C2CCNC(=O)N2c2ccc(C)cc2)cc1. The summed E-state index contributed by atoms with van der Waals surface area (Å²) >= 11 is 0. The van der Waals surface area contributed by atoms with Crippen LogP contribution in [0, 0.1) is 6.92 Å². The summed E-state index contributed by atoms with van der Waals surface area (Å²) in [5.41, 5.74) is 2.04. The minimum absolute atomic E-state index is 0.0241. The highest BCUT2D eigenvalue weighted by Crippen LogP contribution is 2.22. The molecule has 2 aromatic rings. The highest BCUT2D eigenvalue weighted by Gasteiger charge is 2.28. The summed E-state index contributed by atoms with van der Waals surface area (Å²) in [5.74, 6) is -0.101. The second-order valence-corrected chi connectivity index (χ2v) is 7.95. The van der Waals surface area contributed by atoms with Gasteiger partial charge in [0.05, 0.1) is 10.6 Å². The van der Waals surface area contributed by atoms with Crippen molar-refractivity contribution in [3.8, 4) is 0 Å². The van der Waals surface area contributed by atoms with Crippen LogP contribution in [0.25, 0.3) is 0 Å². The minimum Gasteiger partial charge on any atom is -0.337 e. The van der Waals surface area contributed by atoms with E-state index in [0.29, 0.717) is 17.9 Å². The Labute approximate surface area is 163 Å². The number of amidine groups is 1. The number of benzene rings is 2. The number of amides is 3. The van der Waals surface area contributed by atoms with Crippen molar-refractivity contribution in [1.82, 2.24) is 5.32 Å². The predicted octanol–water partition coefficient (Wildman–Crippen LogP) is 2.66. The van der Waals surface area contributed by atoms with Gasteiger partial charge < -0.3 is 10.6 Å². The van der Waals surface area contributed by atoms with Gasteiger partial charge in [-0.05, 0) is 43.3 Å². The Morgan fingerprint density at radius 2 is 1.75 bits per heavy atom. The lowest BCUT2D eigenvalue weighted by atomic mass is 10.2. The lowest BCUT2D eigenvalue weighted by molar-refractivity contribution is -0.114. The van der Waals surface area contributed by atoms with Crippen molar-refractivity contribution in [2.75, 3.05) is 16.8 Å². The van der Waals surface area contributed by atoms with Crippen molar-refractivity contribution in [3.63, 3.8) is 0 Å². The summed E-state index contributed by atoms with van der Waals surface area (Å²) in [4.78, 5) is 24.7. The smallest absolute Gasteiger partial charge is 0.327 e. The zero-order chi connectivity index (χ0) is 20.3. The predicted molar refractivity (Wildman–Crippen MR) is 107 cm³/mol. The van der Waals surface area contributed by atoms with Gasteiger partial charge in [-0.25, -0.2) is 9.69 Å². The molecule has 8 nitrogen and oxygen atoms in total. The molecule has 146 valence electrons. The first kappa shape index (κ1) is 19.6. The molecule has 2 aromatic carbocycles. The molecule has 28 heavy (non-hydrogen) atoms. The van der Waals surface area contributed by atoms with Crippen molar-refractivity contribution < 1.29 is 18.0 Å². The molecule has 1 saturated heterocycles. The standard InChI is InChI=1S/C19H20N4O4S/c1-13-3-7-16(8-4-13)23-18(11-12-20-19(23)25)22-28(26,27)17-9-5-15(6-10-17)21-14(2)24/h3-10H,11-12H2,1-2H3,(H,20,25)(H,21,24). The number of carbonyl (C=O) groups excluding carboxylic acids is 2. The number of rotatable bonds is 4. The fraction of sp³-hybridized carbons (Fsp3) is 0.211. The van der Waals surface area contributed by atoms with E-state index in [1.807, 2.05) is 19.1 Å². The highest BCUT2D eigenvalue weighted by atomic mass is 32.2. The van der Waals surface area contributed by atoms with Gasteiger partial charge in [-0.1, -0.05) is 17.7 Å². The first-order chi connectivity index (χ1) is 13.3. The maximum atomic E-state index is 12.7. The third-order valence-corrected chi connectivity index (χ3v) is 5.40. The zero-order valence-corrected chi connectivity index (χ0v) is 16.3. The summed E-state index contributed by atoms with van der Waals surface area (Å²) in [7, 11) is -4.02. The van der Waals surface area contributed by atoms with Crippen molar-refractivity contribution in [2.45, 2.75) is 25.2 Å². The van der Waals surface area contributed by atoms with Crippen LogP contribution in [0.5, 0.6) is 0 Å². The maximum Gasteiger partial charge on any atom is 0.327 e. The van der Waals surface area contributed by atoms with Crippen LogP contribution in [0.3, 0.4) is 0 Å². The first-order valence-electron chi connectivity index (χ1n) is 8.62. The van der Waals surface area contributed by atoms with Crippen molar-refractivity contribution in [2.24, 2.45) is 4.40 Å². The van der Waals surface area contributed by atoms with E-state index < -0.39 is 16.1 Å². The van der Waals surface area contributed by atoms with E-state index in [4.69, 9.17) is 0 Å². The number of anilines is 2. The van der Waals surface area contributed by atoms with E-state index in [0.717, 1.165) is 5.56 Å². The molecule has 0 saturated carbocycles. The van der Waals surface area contributed by atoms with Crippen LogP contribution in [-0.4, -0.2) is 32.7 Å². The molecule has 0 unspecified atom stereocenters. The Kier molecular flexibility index (Phi) is 5.46. The van der Waals surface area contributed by atoms with Gasteiger partial charge in [0.15, 0.2) is 0 Å². The summed E-state index contributed by atoms with van der Waals surface area (Å²) < 4.78 is 29.4. The topological polar surface area (TPSA) is 108 Å². The molecule has 0 atom stereocenters. The Hall–Kier alpha value is -3.20. The minimum atomic E-state index is -4.02. The van der Waals surface area contributed by atoms with Gasteiger partial charge in [0.1, 0.15) is 5.84 Å². The second kappa shape index (κ2) is 7.81. The highest BCUT2D eigenvalue weighted by molar-refractivity contribution is 7.90. The number of nitrogens with one attached hydrogen (secondary N) is 2. The third kappa shape index (κ3) is 4.37. The van der Waals surface area contributed by atoms with E-state index in [1.54, 1.807) is 12.1 Å². The molecule has 0 aliphatic carbocycles. The van der Waals surface area contributed by atoms with E-state index >= 15 is 0 Å². The van der Waals surface area contributed by atoms with E-state index in [2.05, 4.69) is 15.0 Å². The van der Waals surface area contributed by atoms with Gasteiger partial charge >= 0.3 is 6.03 Å². The van der Waals surface area contributed by atoms with Crippen molar-refractivity contribution >= 4 is 39.2 Å². The quantitative estimate of drug-likeness (QED) is 0.822. The van der Waals surface area contributed by atoms with Crippen molar-refractivity contribution in [3.05, 3.63) is 54.1 Å². The lowest BCUT2D eigenvalue weighted by Crippen LogP contribution is -2.50. The first-order valence-corrected chi connectivity index (χ1v) is 10.1. The van der Waals surface area contributed by atoms with Crippen LogP contribution in [0.15, 0.2) is 57.8 Å². The van der Waals surface area contributed by atoms with Gasteiger partial charge in [-0.15, -0.1) is 4.40 Å². The number of nitrogens with zero attached hydrogens (tertiary/aromatic N) is 2.